The Bertz CT molecular complexity index is 1810. The molecule has 2 heterocycles. The summed E-state index contributed by atoms with van der Waals surface area (Å²) in [5, 5.41) is 5.13. The molecule has 5 aliphatic rings. The highest BCUT2D eigenvalue weighted by Gasteiger charge is 2.62. The van der Waals surface area contributed by atoms with Crippen molar-refractivity contribution in [2.75, 3.05) is 6.54 Å². The van der Waals surface area contributed by atoms with Crippen molar-refractivity contribution in [2.45, 2.75) is 125 Å². The van der Waals surface area contributed by atoms with Gasteiger partial charge in [0.15, 0.2) is 0 Å². The Labute approximate surface area is 311 Å². The van der Waals surface area contributed by atoms with Crippen LogP contribution in [0.1, 0.15) is 89.0 Å². The van der Waals surface area contributed by atoms with E-state index in [9.17, 15) is 27.6 Å². The normalized spacial score (nSPS) is 28.8. The molecule has 2 aromatic rings. The van der Waals surface area contributed by atoms with Crippen molar-refractivity contribution < 1.29 is 37.1 Å². The van der Waals surface area contributed by atoms with Crippen LogP contribution in [-0.4, -0.2) is 78.8 Å². The largest absolute Gasteiger partial charge is 0.446 e. The van der Waals surface area contributed by atoms with E-state index in [1.54, 1.807) is 0 Å². The smallest absolute Gasteiger partial charge is 0.408 e. The van der Waals surface area contributed by atoms with Gasteiger partial charge in [-0.2, -0.15) is 0 Å². The van der Waals surface area contributed by atoms with Gasteiger partial charge in [-0.05, 0) is 87.0 Å². The van der Waals surface area contributed by atoms with Crippen molar-refractivity contribution in [3.8, 4) is 11.1 Å². The third-order valence-corrected chi connectivity index (χ3v) is 13.0. The molecule has 0 aromatic heterocycles. The molecular formula is C40H50N4O8S. The first-order valence-electron chi connectivity index (χ1n) is 19.2. The molecule has 0 unspecified atom stereocenters. The molecule has 7 rings (SSSR count). The van der Waals surface area contributed by atoms with E-state index in [1.165, 1.54) is 4.90 Å². The predicted molar refractivity (Wildman–Crippen MR) is 198 cm³/mol. The fraction of sp³-hybridized carbons (Fsp3) is 0.550. The summed E-state index contributed by atoms with van der Waals surface area (Å²) < 4.78 is 39.9. The first-order chi connectivity index (χ1) is 25.6. The molecule has 0 bridgehead atoms. The number of benzene rings is 2. The van der Waals surface area contributed by atoms with Gasteiger partial charge in [-0.1, -0.05) is 73.5 Å². The van der Waals surface area contributed by atoms with Gasteiger partial charge in [-0.25, -0.2) is 13.2 Å². The van der Waals surface area contributed by atoms with Gasteiger partial charge in [0.05, 0.1) is 18.0 Å². The van der Waals surface area contributed by atoms with Gasteiger partial charge < -0.3 is 25.0 Å². The third kappa shape index (κ3) is 8.95. The van der Waals surface area contributed by atoms with Crippen molar-refractivity contribution in [1.29, 1.82) is 0 Å². The van der Waals surface area contributed by atoms with Gasteiger partial charge in [-0.15, -0.1) is 0 Å². The summed E-state index contributed by atoms with van der Waals surface area (Å²) in [5.74, 6) is -2.12. The van der Waals surface area contributed by atoms with E-state index < -0.39 is 62.8 Å². The number of carbonyl (C=O) groups excluding carboxylic acids is 4. The van der Waals surface area contributed by atoms with E-state index in [0.29, 0.717) is 25.7 Å². The molecule has 3 saturated carbocycles. The number of rotatable bonds is 9. The highest BCUT2D eigenvalue weighted by Crippen LogP contribution is 2.46. The van der Waals surface area contributed by atoms with Gasteiger partial charge in [0.2, 0.25) is 21.8 Å². The molecule has 0 radical (unpaired) electrons. The average Bonchev–Trinajstić information content (AvgIpc) is 4.02. The van der Waals surface area contributed by atoms with Crippen molar-refractivity contribution in [3.05, 3.63) is 72.3 Å². The Morgan fingerprint density at radius 3 is 2.42 bits per heavy atom. The lowest BCUT2D eigenvalue weighted by molar-refractivity contribution is -0.141. The van der Waals surface area contributed by atoms with Gasteiger partial charge in [0.1, 0.15) is 23.7 Å². The Kier molecular flexibility index (Phi) is 11.2. The van der Waals surface area contributed by atoms with Crippen molar-refractivity contribution in [2.24, 2.45) is 5.92 Å². The van der Waals surface area contributed by atoms with Crippen molar-refractivity contribution in [1.82, 2.24) is 20.3 Å². The number of fused-ring (bicyclic) bond motifs is 2. The number of ether oxygens (including phenoxy) is 2. The molecule has 5 atom stereocenters. The summed E-state index contributed by atoms with van der Waals surface area (Å²) in [4.78, 5) is 56.9. The molecule has 0 spiro atoms. The van der Waals surface area contributed by atoms with Crippen LogP contribution in [0.25, 0.3) is 11.1 Å². The Morgan fingerprint density at radius 2 is 1.64 bits per heavy atom. The molecule has 3 N–H and O–H groups in total. The molecule has 2 aromatic carbocycles. The molecule has 4 fully saturated rings. The summed E-state index contributed by atoms with van der Waals surface area (Å²) in [6.45, 7) is 0.346. The Morgan fingerprint density at radius 1 is 0.887 bits per heavy atom. The van der Waals surface area contributed by atoms with Crippen molar-refractivity contribution in [3.63, 3.8) is 0 Å². The number of sulfonamides is 1. The van der Waals surface area contributed by atoms with Gasteiger partial charge in [0.25, 0.3) is 5.91 Å². The topological polar surface area (TPSA) is 160 Å². The number of nitrogens with one attached hydrogen (secondary N) is 3. The lowest BCUT2D eigenvalue weighted by Crippen LogP contribution is -2.58. The maximum atomic E-state index is 14.4. The van der Waals surface area contributed by atoms with E-state index in [2.05, 4.69) is 21.4 Å². The van der Waals surface area contributed by atoms with E-state index in [0.717, 1.165) is 61.6 Å². The van der Waals surface area contributed by atoms with Crippen LogP contribution in [-0.2, 0) is 40.5 Å². The second-order valence-corrected chi connectivity index (χ2v) is 17.2. The van der Waals surface area contributed by atoms with E-state index in [4.69, 9.17) is 9.47 Å². The predicted octanol–water partition coefficient (Wildman–Crippen LogP) is 4.88. The van der Waals surface area contributed by atoms with E-state index >= 15 is 0 Å². The Balaban J connectivity index is 1.12. The number of alkyl carbamates (subject to hydrolysis) is 1. The van der Waals surface area contributed by atoms with Crippen molar-refractivity contribution >= 4 is 33.8 Å². The zero-order valence-electron chi connectivity index (χ0n) is 30.0. The highest BCUT2D eigenvalue weighted by molar-refractivity contribution is 7.91. The highest BCUT2D eigenvalue weighted by atomic mass is 32.2. The van der Waals surface area contributed by atoms with Crippen LogP contribution < -0.4 is 15.4 Å². The molecule has 3 aliphatic carbocycles. The molecule has 4 amide bonds. The maximum Gasteiger partial charge on any atom is 0.408 e. The zero-order chi connectivity index (χ0) is 37.0. The zero-order valence-corrected chi connectivity index (χ0v) is 30.9. The second kappa shape index (κ2) is 16.0. The number of nitrogens with zero attached hydrogens (tertiary/aromatic N) is 1. The summed E-state index contributed by atoms with van der Waals surface area (Å²) >= 11 is 0. The van der Waals surface area contributed by atoms with Crippen LogP contribution in [0.2, 0.25) is 0 Å². The number of amides is 4. The minimum absolute atomic E-state index is 0.101. The van der Waals surface area contributed by atoms with Crippen LogP contribution in [0.4, 0.5) is 4.79 Å². The number of carbonyl (C=O) groups is 4. The fourth-order valence-electron chi connectivity index (χ4n) is 7.90. The summed E-state index contributed by atoms with van der Waals surface area (Å²) in [6.07, 6.45) is 10.9. The monoisotopic (exact) mass is 746 g/mol. The van der Waals surface area contributed by atoms with Crippen LogP contribution >= 0.6 is 0 Å². The molecular weight excluding hydrogens is 697 g/mol. The third-order valence-electron chi connectivity index (χ3n) is 11.2. The minimum Gasteiger partial charge on any atom is -0.446 e. The maximum absolute atomic E-state index is 14.4. The second-order valence-electron chi connectivity index (χ2n) is 15.3. The molecule has 13 heteroatoms. The van der Waals surface area contributed by atoms with Crippen LogP contribution in [0.15, 0.2) is 66.7 Å². The lowest BCUT2D eigenvalue weighted by Gasteiger charge is -2.30. The van der Waals surface area contributed by atoms with Crippen LogP contribution in [0, 0.1) is 5.92 Å². The van der Waals surface area contributed by atoms with E-state index in [-0.39, 0.29) is 38.0 Å². The number of hydrogen-bond donors (Lipinski definition) is 3. The van der Waals surface area contributed by atoms with Gasteiger partial charge >= 0.3 is 6.09 Å². The molecule has 53 heavy (non-hydrogen) atoms. The fourth-order valence-corrected chi connectivity index (χ4v) is 9.27. The minimum atomic E-state index is -3.86. The lowest BCUT2D eigenvalue weighted by atomic mass is 10.0. The van der Waals surface area contributed by atoms with Crippen LogP contribution in [0.5, 0.6) is 0 Å². The average molecular weight is 747 g/mol. The first kappa shape index (κ1) is 37.1. The molecule has 2 aliphatic heterocycles. The SMILES string of the molecule is O=C(N[C@H]1CCCCC/C=C\[C@@H]2C[C@@]2(C(=O)NS(=O)(=O)C2CC2)NC(=O)[C@@H]2C[C@@H](OCc3cccc(-c4ccccc4)c3)CN2C1=O)OC1CCCC1. The Hall–Kier alpha value is -4.23. The number of hydrogen-bond acceptors (Lipinski definition) is 8. The van der Waals surface area contributed by atoms with Crippen LogP contribution in [0.3, 0.4) is 0 Å². The molecule has 284 valence electrons. The molecule has 1 saturated heterocycles. The van der Waals surface area contributed by atoms with Gasteiger partial charge in [-0.3, -0.25) is 19.1 Å². The molecule has 12 nitrogen and oxygen atoms in total. The van der Waals surface area contributed by atoms with E-state index in [1.807, 2.05) is 60.7 Å². The first-order valence-corrected chi connectivity index (χ1v) is 20.7. The summed E-state index contributed by atoms with van der Waals surface area (Å²) in [5.41, 5.74) is 1.59. The standard InChI is InChI=1S/C40H50N4O8S/c45-36-35-23-32(51-26-27-12-11-15-29(22-27)28-13-5-4-6-14-28)25-44(35)37(46)34(41-39(48)52-31-17-9-10-18-31)19-8-3-1-2-7-16-30-24-40(30,42-36)38(47)43-53(49,50)33-20-21-33/h4-7,11-16,22,30-35H,1-3,8-10,17-21,23-26H2,(H,41,48)(H,42,45)(H,43,47)/b16-7-/t30-,32-,34+,35+,40-/m1/s1. The van der Waals surface area contributed by atoms with Gasteiger partial charge in [0, 0.05) is 18.9 Å². The summed E-state index contributed by atoms with van der Waals surface area (Å²) in [7, 11) is -3.86. The number of allylic oxidation sites excluding steroid dienone is 1. The quantitative estimate of drug-likeness (QED) is 0.306. The summed E-state index contributed by atoms with van der Waals surface area (Å²) in [6, 6.07) is 16.1.